The molecule has 4 atom stereocenters. The Balaban J connectivity index is 1.83. The summed E-state index contributed by atoms with van der Waals surface area (Å²) in [5.41, 5.74) is 2.51. The smallest absolute Gasteiger partial charge is 0.156 e. The van der Waals surface area contributed by atoms with Gasteiger partial charge in [-0.1, -0.05) is 37.6 Å². The molecule has 0 aromatic carbocycles. The van der Waals surface area contributed by atoms with Crippen molar-refractivity contribution in [2.75, 3.05) is 0 Å². The van der Waals surface area contributed by atoms with Crippen LogP contribution in [0, 0.1) is 22.7 Å². The lowest BCUT2D eigenvalue weighted by Crippen LogP contribution is -2.42. The molecule has 0 aliphatic heterocycles. The zero-order valence-electron chi connectivity index (χ0n) is 12.8. The highest BCUT2D eigenvalue weighted by atomic mass is 16.1. The van der Waals surface area contributed by atoms with Crippen LogP contribution < -0.4 is 0 Å². The maximum absolute atomic E-state index is 12.3. The van der Waals surface area contributed by atoms with Crippen molar-refractivity contribution in [3.05, 3.63) is 35.5 Å². The molecule has 0 aromatic rings. The summed E-state index contributed by atoms with van der Waals surface area (Å²) < 4.78 is 0. The molecule has 2 unspecified atom stereocenters. The van der Waals surface area contributed by atoms with Crippen LogP contribution in [-0.4, -0.2) is 11.6 Å². The SMILES string of the molecule is C[C@]12CCC(=O)C=C1C=CC1C2=CC[C@]2(C)C(=O)CCC12. The average molecular weight is 282 g/mol. The normalized spacial score (nSPS) is 44.7. The molecule has 1 saturated carbocycles. The zero-order valence-corrected chi connectivity index (χ0v) is 12.8. The monoisotopic (exact) mass is 282 g/mol. The van der Waals surface area contributed by atoms with Gasteiger partial charge >= 0.3 is 0 Å². The van der Waals surface area contributed by atoms with Crippen LogP contribution in [0.1, 0.15) is 46.0 Å². The molecule has 0 heterocycles. The average Bonchev–Trinajstić information content (AvgIpc) is 2.76. The van der Waals surface area contributed by atoms with Crippen molar-refractivity contribution in [3.8, 4) is 0 Å². The molecular weight excluding hydrogens is 260 g/mol. The minimum absolute atomic E-state index is 0.0142. The highest BCUT2D eigenvalue weighted by molar-refractivity contribution is 5.93. The molecule has 1 fully saturated rings. The van der Waals surface area contributed by atoms with E-state index in [1.165, 1.54) is 11.1 Å². The first kappa shape index (κ1) is 13.2. The van der Waals surface area contributed by atoms with E-state index in [1.807, 2.05) is 6.08 Å². The van der Waals surface area contributed by atoms with Gasteiger partial charge in [-0.15, -0.1) is 0 Å². The van der Waals surface area contributed by atoms with Crippen molar-refractivity contribution in [2.45, 2.75) is 46.0 Å². The minimum Gasteiger partial charge on any atom is -0.299 e. The summed E-state index contributed by atoms with van der Waals surface area (Å²) >= 11 is 0. The van der Waals surface area contributed by atoms with Gasteiger partial charge < -0.3 is 0 Å². The summed E-state index contributed by atoms with van der Waals surface area (Å²) in [5.74, 6) is 1.55. The predicted molar refractivity (Wildman–Crippen MR) is 81.6 cm³/mol. The Morgan fingerprint density at radius 3 is 2.81 bits per heavy atom. The number of hydrogen-bond donors (Lipinski definition) is 0. The highest BCUT2D eigenvalue weighted by Crippen LogP contribution is 2.60. The number of allylic oxidation sites excluding steroid dienone is 6. The Labute approximate surface area is 126 Å². The summed E-state index contributed by atoms with van der Waals surface area (Å²) in [5, 5.41) is 0. The molecule has 0 radical (unpaired) electrons. The van der Waals surface area contributed by atoms with Gasteiger partial charge in [0.1, 0.15) is 5.78 Å². The van der Waals surface area contributed by atoms with Gasteiger partial charge in [-0.25, -0.2) is 0 Å². The van der Waals surface area contributed by atoms with E-state index in [4.69, 9.17) is 0 Å². The lowest BCUT2D eigenvalue weighted by Gasteiger charge is -2.49. The Bertz CT molecular complexity index is 636. The Hall–Kier alpha value is -1.44. The standard InChI is InChI=1S/C19H22O2/c1-18-9-7-13(20)11-12(18)3-4-14-15-5-6-17(21)19(15,2)10-8-16(14)18/h3-4,8,11,14-15H,5-7,9-10H2,1-2H3/t14?,15?,18-,19-/m0/s1. The van der Waals surface area contributed by atoms with E-state index in [0.717, 1.165) is 25.7 Å². The van der Waals surface area contributed by atoms with Crippen molar-refractivity contribution in [1.29, 1.82) is 0 Å². The molecule has 2 heteroatoms. The molecule has 4 aliphatic carbocycles. The molecule has 0 saturated heterocycles. The minimum atomic E-state index is -0.152. The fourth-order valence-electron chi connectivity index (χ4n) is 5.12. The second-order valence-corrected chi connectivity index (χ2v) is 7.63. The van der Waals surface area contributed by atoms with Gasteiger partial charge in [-0.3, -0.25) is 9.59 Å². The van der Waals surface area contributed by atoms with Crippen molar-refractivity contribution in [3.63, 3.8) is 0 Å². The van der Waals surface area contributed by atoms with E-state index in [2.05, 4.69) is 32.1 Å². The van der Waals surface area contributed by atoms with E-state index in [0.29, 0.717) is 24.0 Å². The lowest BCUT2D eigenvalue weighted by atomic mass is 9.54. The summed E-state index contributed by atoms with van der Waals surface area (Å²) in [7, 11) is 0. The fourth-order valence-corrected chi connectivity index (χ4v) is 5.12. The number of carbonyl (C=O) groups excluding carboxylic acids is 2. The van der Waals surface area contributed by atoms with E-state index in [9.17, 15) is 9.59 Å². The Kier molecular flexibility index (Phi) is 2.56. The Morgan fingerprint density at radius 2 is 2.00 bits per heavy atom. The van der Waals surface area contributed by atoms with Crippen molar-refractivity contribution in [1.82, 2.24) is 0 Å². The van der Waals surface area contributed by atoms with Crippen molar-refractivity contribution < 1.29 is 9.59 Å². The molecule has 4 aliphatic rings. The maximum Gasteiger partial charge on any atom is 0.156 e. The number of ketones is 2. The van der Waals surface area contributed by atoms with Gasteiger partial charge in [0.2, 0.25) is 0 Å². The first-order valence-corrected chi connectivity index (χ1v) is 8.12. The van der Waals surface area contributed by atoms with E-state index in [-0.39, 0.29) is 16.6 Å². The molecule has 4 rings (SSSR count). The fraction of sp³-hybridized carbons (Fsp3) is 0.579. The zero-order chi connectivity index (χ0) is 14.8. The number of carbonyl (C=O) groups is 2. The van der Waals surface area contributed by atoms with Crippen LogP contribution in [0.5, 0.6) is 0 Å². The summed E-state index contributed by atoms with van der Waals surface area (Å²) in [4.78, 5) is 24.0. The van der Waals surface area contributed by atoms with Gasteiger partial charge in [0.15, 0.2) is 5.78 Å². The van der Waals surface area contributed by atoms with Gasteiger partial charge in [-0.05, 0) is 36.8 Å². The number of hydrogen-bond acceptors (Lipinski definition) is 2. The number of fused-ring (bicyclic) bond motifs is 5. The Morgan fingerprint density at radius 1 is 1.19 bits per heavy atom. The van der Waals surface area contributed by atoms with Gasteiger partial charge in [0.05, 0.1) is 0 Å². The van der Waals surface area contributed by atoms with Crippen molar-refractivity contribution >= 4 is 11.6 Å². The second-order valence-electron chi connectivity index (χ2n) is 7.63. The molecule has 0 N–H and O–H groups in total. The highest BCUT2D eigenvalue weighted by Gasteiger charge is 2.54. The number of Topliss-reactive ketones (excluding diaryl/α,β-unsaturated/α-hetero) is 1. The molecule has 0 bridgehead atoms. The first-order chi connectivity index (χ1) is 9.95. The summed E-state index contributed by atoms with van der Waals surface area (Å²) in [6.45, 7) is 4.44. The molecule has 21 heavy (non-hydrogen) atoms. The molecule has 0 amide bonds. The van der Waals surface area contributed by atoms with E-state index < -0.39 is 0 Å². The van der Waals surface area contributed by atoms with Crippen LogP contribution in [-0.2, 0) is 9.59 Å². The van der Waals surface area contributed by atoms with Crippen LogP contribution in [0.2, 0.25) is 0 Å². The predicted octanol–water partition coefficient (Wildman–Crippen LogP) is 3.78. The van der Waals surface area contributed by atoms with Crippen molar-refractivity contribution in [2.24, 2.45) is 22.7 Å². The van der Waals surface area contributed by atoms with Gasteiger partial charge in [0, 0.05) is 29.6 Å². The molecular formula is C19H22O2. The topological polar surface area (TPSA) is 34.1 Å². The maximum atomic E-state index is 12.3. The third-order valence-electron chi connectivity index (χ3n) is 6.62. The summed E-state index contributed by atoms with van der Waals surface area (Å²) in [6, 6.07) is 0. The second kappa shape index (κ2) is 4.06. The largest absolute Gasteiger partial charge is 0.299 e. The van der Waals surface area contributed by atoms with Crippen LogP contribution in [0.25, 0.3) is 0 Å². The number of rotatable bonds is 0. The van der Waals surface area contributed by atoms with Crippen LogP contribution in [0.3, 0.4) is 0 Å². The molecule has 0 aromatic heterocycles. The van der Waals surface area contributed by atoms with E-state index >= 15 is 0 Å². The van der Waals surface area contributed by atoms with Crippen LogP contribution in [0.4, 0.5) is 0 Å². The van der Waals surface area contributed by atoms with E-state index in [1.54, 1.807) is 0 Å². The molecule has 2 nitrogen and oxygen atoms in total. The third kappa shape index (κ3) is 1.59. The van der Waals surface area contributed by atoms with Gasteiger partial charge in [0.25, 0.3) is 0 Å². The quantitative estimate of drug-likeness (QED) is 0.634. The van der Waals surface area contributed by atoms with Gasteiger partial charge in [-0.2, -0.15) is 0 Å². The van der Waals surface area contributed by atoms with Crippen LogP contribution >= 0.6 is 0 Å². The molecule has 110 valence electrons. The first-order valence-electron chi connectivity index (χ1n) is 8.12. The molecule has 0 spiro atoms. The third-order valence-corrected chi connectivity index (χ3v) is 6.62. The lowest BCUT2D eigenvalue weighted by molar-refractivity contribution is -0.126. The van der Waals surface area contributed by atoms with Crippen LogP contribution in [0.15, 0.2) is 35.5 Å². The summed E-state index contributed by atoms with van der Waals surface area (Å²) in [6.07, 6.45) is 12.8.